The molecule has 6 heterocycles. The highest BCUT2D eigenvalue weighted by Crippen LogP contribution is 2.31. The van der Waals surface area contributed by atoms with Crippen LogP contribution in [0.1, 0.15) is 11.1 Å². The lowest BCUT2D eigenvalue weighted by atomic mass is 9.99. The summed E-state index contributed by atoms with van der Waals surface area (Å²) in [7, 11) is 0. The van der Waals surface area contributed by atoms with E-state index in [9.17, 15) is 9.59 Å². The molecule has 0 aliphatic rings. The van der Waals surface area contributed by atoms with Crippen LogP contribution in [0.4, 0.5) is 0 Å². The number of aromatic nitrogens is 8. The molecule has 0 aliphatic heterocycles. The fraction of sp³-hybridized carbons (Fsp3) is 0.0476. The molecule has 0 amide bonds. The molecule has 9 rings (SSSR count). The molecule has 0 aliphatic carbocycles. The van der Waals surface area contributed by atoms with Gasteiger partial charge in [0, 0.05) is 53.1 Å². The zero-order valence-corrected chi connectivity index (χ0v) is 27.7. The number of hydrogen-bond acceptors (Lipinski definition) is 8. The van der Waals surface area contributed by atoms with Crippen molar-refractivity contribution in [2.75, 3.05) is 0 Å². The van der Waals surface area contributed by atoms with Crippen LogP contribution in [0.2, 0.25) is 0 Å². The molecule has 0 unspecified atom stereocenters. The predicted molar refractivity (Wildman–Crippen MR) is 202 cm³/mol. The summed E-state index contributed by atoms with van der Waals surface area (Å²) in [5.41, 5.74) is 10.5. The molecular formula is C42H28N8O2. The summed E-state index contributed by atoms with van der Waals surface area (Å²) >= 11 is 0. The number of fused-ring (bicyclic) bond motifs is 3. The van der Waals surface area contributed by atoms with Crippen molar-refractivity contribution in [2.24, 2.45) is 0 Å². The van der Waals surface area contributed by atoms with Gasteiger partial charge >= 0.3 is 0 Å². The van der Waals surface area contributed by atoms with Crippen LogP contribution in [0.3, 0.4) is 0 Å². The molecule has 9 aromatic rings. The lowest BCUT2D eigenvalue weighted by molar-refractivity contribution is 0.775. The normalized spacial score (nSPS) is 11.4. The third-order valence-corrected chi connectivity index (χ3v) is 9.19. The SMILES string of the molecule is O=c1cnc2cccnc2n1Cc1cccc(-c2cnc3c(-c4cnc5c(c4)ncc(=O)n5Cc4cccc(-c5ccncc5)c4)cccc3c2)c1. The molecular weight excluding hydrogens is 649 g/mol. The first-order valence-corrected chi connectivity index (χ1v) is 16.7. The molecule has 0 N–H and O–H groups in total. The highest BCUT2D eigenvalue weighted by atomic mass is 16.1. The van der Waals surface area contributed by atoms with Gasteiger partial charge in [-0.2, -0.15) is 0 Å². The number of nitrogens with zero attached hydrogens (tertiary/aromatic N) is 8. The molecule has 0 fully saturated rings. The van der Waals surface area contributed by atoms with Gasteiger partial charge in [0.05, 0.1) is 31.0 Å². The van der Waals surface area contributed by atoms with Gasteiger partial charge in [-0.1, -0.05) is 54.6 Å². The Hall–Kier alpha value is -7.20. The second kappa shape index (κ2) is 12.9. The summed E-state index contributed by atoms with van der Waals surface area (Å²) < 4.78 is 3.29. The van der Waals surface area contributed by atoms with Crippen LogP contribution >= 0.6 is 0 Å². The smallest absolute Gasteiger partial charge is 0.270 e. The van der Waals surface area contributed by atoms with E-state index in [0.29, 0.717) is 35.4 Å². The molecule has 0 saturated heterocycles. The third kappa shape index (κ3) is 5.77. The maximum atomic E-state index is 13.1. The Morgan fingerprint density at radius 2 is 1.12 bits per heavy atom. The molecule has 0 atom stereocenters. The van der Waals surface area contributed by atoms with E-state index in [-0.39, 0.29) is 11.1 Å². The minimum absolute atomic E-state index is 0.204. The summed E-state index contributed by atoms with van der Waals surface area (Å²) in [5, 5.41) is 0.966. The van der Waals surface area contributed by atoms with Gasteiger partial charge in [-0.15, -0.1) is 0 Å². The second-order valence-electron chi connectivity index (χ2n) is 12.5. The summed E-state index contributed by atoms with van der Waals surface area (Å²) in [6.07, 6.45) is 11.5. The fourth-order valence-corrected chi connectivity index (χ4v) is 6.66. The van der Waals surface area contributed by atoms with Gasteiger partial charge in [0.1, 0.15) is 11.0 Å². The first-order valence-electron chi connectivity index (χ1n) is 16.7. The first-order chi connectivity index (χ1) is 25.6. The maximum Gasteiger partial charge on any atom is 0.270 e. The Labute approximate surface area is 296 Å². The zero-order valence-electron chi connectivity index (χ0n) is 27.7. The van der Waals surface area contributed by atoms with E-state index in [1.165, 1.54) is 12.4 Å². The topological polar surface area (TPSA) is 121 Å². The van der Waals surface area contributed by atoms with Gasteiger partial charge in [-0.3, -0.25) is 28.7 Å². The van der Waals surface area contributed by atoms with Crippen LogP contribution in [0.15, 0.2) is 156 Å². The summed E-state index contributed by atoms with van der Waals surface area (Å²) in [5.74, 6) is 0. The molecule has 0 spiro atoms. The average Bonchev–Trinajstić information content (AvgIpc) is 3.20. The highest BCUT2D eigenvalue weighted by Gasteiger charge is 2.13. The van der Waals surface area contributed by atoms with Crippen LogP contribution in [0.25, 0.3) is 66.6 Å². The van der Waals surface area contributed by atoms with Gasteiger partial charge in [-0.25, -0.2) is 19.9 Å². The van der Waals surface area contributed by atoms with Crippen molar-refractivity contribution < 1.29 is 0 Å². The fourth-order valence-electron chi connectivity index (χ4n) is 6.66. The number of pyridine rings is 4. The Morgan fingerprint density at radius 1 is 0.462 bits per heavy atom. The van der Waals surface area contributed by atoms with Gasteiger partial charge < -0.3 is 0 Å². The highest BCUT2D eigenvalue weighted by molar-refractivity contribution is 5.96. The Balaban J connectivity index is 1.03. The minimum Gasteiger partial charge on any atom is -0.286 e. The van der Waals surface area contributed by atoms with Gasteiger partial charge in [0.2, 0.25) is 0 Å². The molecule has 0 bridgehead atoms. The molecule has 10 nitrogen and oxygen atoms in total. The van der Waals surface area contributed by atoms with Crippen LogP contribution in [-0.4, -0.2) is 39.0 Å². The van der Waals surface area contributed by atoms with E-state index in [4.69, 9.17) is 9.97 Å². The minimum atomic E-state index is -0.219. The number of para-hydroxylation sites is 1. The molecule has 3 aromatic carbocycles. The number of rotatable bonds is 7. The van der Waals surface area contributed by atoms with Crippen molar-refractivity contribution >= 4 is 33.2 Å². The molecule has 0 saturated carbocycles. The van der Waals surface area contributed by atoms with Gasteiger partial charge in [-0.05, 0) is 76.3 Å². The van der Waals surface area contributed by atoms with Crippen molar-refractivity contribution in [3.8, 4) is 33.4 Å². The van der Waals surface area contributed by atoms with E-state index in [2.05, 4.69) is 38.1 Å². The van der Waals surface area contributed by atoms with E-state index in [0.717, 1.165) is 55.4 Å². The number of hydrogen-bond donors (Lipinski definition) is 0. The van der Waals surface area contributed by atoms with E-state index in [1.807, 2.05) is 91.1 Å². The van der Waals surface area contributed by atoms with E-state index in [1.54, 1.807) is 33.9 Å². The summed E-state index contributed by atoms with van der Waals surface area (Å²) in [4.78, 5) is 52.7. The van der Waals surface area contributed by atoms with Crippen LogP contribution in [-0.2, 0) is 13.1 Å². The Morgan fingerprint density at radius 3 is 1.87 bits per heavy atom. The van der Waals surface area contributed by atoms with Crippen LogP contribution in [0.5, 0.6) is 0 Å². The largest absolute Gasteiger partial charge is 0.286 e. The first kappa shape index (κ1) is 30.8. The number of benzene rings is 3. The van der Waals surface area contributed by atoms with Crippen LogP contribution in [0, 0.1) is 0 Å². The molecule has 6 aromatic heterocycles. The van der Waals surface area contributed by atoms with E-state index >= 15 is 0 Å². The van der Waals surface area contributed by atoms with Crippen molar-refractivity contribution in [1.29, 1.82) is 0 Å². The van der Waals surface area contributed by atoms with Gasteiger partial charge in [0.15, 0.2) is 11.3 Å². The third-order valence-electron chi connectivity index (χ3n) is 9.19. The van der Waals surface area contributed by atoms with Crippen LogP contribution < -0.4 is 11.1 Å². The Kier molecular flexibility index (Phi) is 7.66. The lowest BCUT2D eigenvalue weighted by Gasteiger charge is -2.12. The molecule has 52 heavy (non-hydrogen) atoms. The monoisotopic (exact) mass is 676 g/mol. The molecule has 0 radical (unpaired) electrons. The Bertz CT molecular complexity index is 2920. The predicted octanol–water partition coefficient (Wildman–Crippen LogP) is 6.94. The quantitative estimate of drug-likeness (QED) is 0.178. The summed E-state index contributed by atoms with van der Waals surface area (Å²) in [6.45, 7) is 0.721. The van der Waals surface area contributed by atoms with E-state index < -0.39 is 0 Å². The second-order valence-corrected chi connectivity index (χ2v) is 12.5. The molecule has 10 heteroatoms. The average molecular weight is 677 g/mol. The lowest BCUT2D eigenvalue weighted by Crippen LogP contribution is -2.21. The van der Waals surface area contributed by atoms with Crippen molar-refractivity contribution in [1.82, 2.24) is 39.0 Å². The van der Waals surface area contributed by atoms with Crippen molar-refractivity contribution in [3.05, 3.63) is 178 Å². The summed E-state index contributed by atoms with van der Waals surface area (Å²) in [6, 6.07) is 33.9. The van der Waals surface area contributed by atoms with Crippen molar-refractivity contribution in [3.63, 3.8) is 0 Å². The van der Waals surface area contributed by atoms with Crippen molar-refractivity contribution in [2.45, 2.75) is 13.1 Å². The zero-order chi connectivity index (χ0) is 35.0. The maximum absolute atomic E-state index is 13.1. The standard InChI is InChI=1S/C42H28N8O2/c51-38-23-45-36-11-4-14-44-41(36)49(38)25-28-6-2-8-31(18-28)33-19-32-9-3-10-35(40(32)47-21-33)34-20-37-42(48-22-34)50(39(52)24-46-37)26-27-5-1-7-30(17-27)29-12-15-43-16-13-29/h1-24H,25-26H2. The van der Waals surface area contributed by atoms with Gasteiger partial charge in [0.25, 0.3) is 11.1 Å². The molecule has 248 valence electrons.